The third-order valence-electron chi connectivity index (χ3n) is 3.63. The third kappa shape index (κ3) is 1.50. The number of nitrogens with zero attached hydrogens (tertiary/aromatic N) is 2. The number of carbonyl (C=O) groups excluding carboxylic acids is 1. The first-order valence-electron chi connectivity index (χ1n) is 5.92. The summed E-state index contributed by atoms with van der Waals surface area (Å²) in [4.78, 5) is 10.9. The Kier molecular flexibility index (Phi) is 2.11. The van der Waals surface area contributed by atoms with Gasteiger partial charge < -0.3 is 0 Å². The molecule has 0 atom stereocenters. The first-order valence-corrected chi connectivity index (χ1v) is 5.92. The van der Waals surface area contributed by atoms with Crippen molar-refractivity contribution < 1.29 is 4.79 Å². The van der Waals surface area contributed by atoms with E-state index in [0.717, 1.165) is 11.8 Å². The summed E-state index contributed by atoms with van der Waals surface area (Å²) in [6, 6.07) is 0.564. The molecule has 80 valence electrons. The molecule has 0 N–H and O–H groups in total. The Labute approximate surface area is 89.5 Å². The third-order valence-corrected chi connectivity index (χ3v) is 3.63. The van der Waals surface area contributed by atoms with Gasteiger partial charge in [-0.25, -0.2) is 0 Å². The van der Waals surface area contributed by atoms with Crippen molar-refractivity contribution in [3.8, 4) is 0 Å². The van der Waals surface area contributed by atoms with Gasteiger partial charge in [-0.15, -0.1) is 0 Å². The Hall–Kier alpha value is -1.12. The second-order valence-electron chi connectivity index (χ2n) is 4.76. The minimum Gasteiger partial charge on any atom is -0.298 e. The van der Waals surface area contributed by atoms with Crippen molar-refractivity contribution in [2.24, 2.45) is 0 Å². The summed E-state index contributed by atoms with van der Waals surface area (Å²) in [5, 5.41) is 4.42. The largest absolute Gasteiger partial charge is 0.298 e. The molecule has 1 heterocycles. The van der Waals surface area contributed by atoms with Gasteiger partial charge in [0, 0.05) is 5.92 Å². The quantitative estimate of drug-likeness (QED) is 0.709. The first kappa shape index (κ1) is 9.13. The maximum Gasteiger partial charge on any atom is 0.153 e. The summed E-state index contributed by atoms with van der Waals surface area (Å²) in [6.45, 7) is 0. The molecule has 0 bridgehead atoms. The first-order chi connectivity index (χ1) is 7.40. The average molecular weight is 204 g/mol. The summed E-state index contributed by atoms with van der Waals surface area (Å²) in [5.41, 5.74) is 2.04. The van der Waals surface area contributed by atoms with Crippen LogP contribution in [0.15, 0.2) is 6.20 Å². The van der Waals surface area contributed by atoms with Crippen LogP contribution in [0.1, 0.15) is 66.5 Å². The van der Waals surface area contributed by atoms with Crippen LogP contribution < -0.4 is 0 Å². The summed E-state index contributed by atoms with van der Waals surface area (Å²) in [5.74, 6) is 0.619. The molecule has 3 heteroatoms. The molecule has 2 aliphatic carbocycles. The van der Waals surface area contributed by atoms with Crippen LogP contribution in [0.3, 0.4) is 0 Å². The molecule has 3 rings (SSSR count). The van der Waals surface area contributed by atoms with Crippen molar-refractivity contribution in [1.29, 1.82) is 0 Å². The van der Waals surface area contributed by atoms with Crippen molar-refractivity contribution in [3.63, 3.8) is 0 Å². The Morgan fingerprint density at radius 3 is 2.60 bits per heavy atom. The summed E-state index contributed by atoms with van der Waals surface area (Å²) in [7, 11) is 0. The van der Waals surface area contributed by atoms with Crippen LogP contribution in [0.4, 0.5) is 0 Å². The molecule has 0 aliphatic heterocycles. The number of aromatic nitrogens is 2. The highest BCUT2D eigenvalue weighted by Crippen LogP contribution is 2.43. The van der Waals surface area contributed by atoms with Crippen molar-refractivity contribution in [3.05, 3.63) is 17.5 Å². The summed E-state index contributed by atoms with van der Waals surface area (Å²) < 4.78 is 2.15. The van der Waals surface area contributed by atoms with E-state index >= 15 is 0 Å². The predicted molar refractivity (Wildman–Crippen MR) is 57.1 cm³/mol. The van der Waals surface area contributed by atoms with Crippen LogP contribution in [0.2, 0.25) is 0 Å². The number of hydrogen-bond donors (Lipinski definition) is 0. The molecule has 1 aromatic heterocycles. The van der Waals surface area contributed by atoms with E-state index in [9.17, 15) is 4.79 Å². The Morgan fingerprint density at radius 1 is 1.27 bits per heavy atom. The summed E-state index contributed by atoms with van der Waals surface area (Å²) in [6.07, 6.45) is 10.3. The molecular formula is C12H16N2O. The number of aldehydes is 1. The lowest BCUT2D eigenvalue weighted by Gasteiger charge is -2.14. The fourth-order valence-electron chi connectivity index (χ4n) is 2.70. The molecule has 0 spiro atoms. The maximum absolute atomic E-state index is 10.9. The molecule has 3 nitrogen and oxygen atoms in total. The molecular weight excluding hydrogens is 188 g/mol. The van der Waals surface area contributed by atoms with Crippen molar-refractivity contribution in [1.82, 2.24) is 9.78 Å². The van der Waals surface area contributed by atoms with Gasteiger partial charge in [0.05, 0.1) is 23.5 Å². The molecule has 1 aromatic rings. The average Bonchev–Trinajstić information content (AvgIpc) is 2.83. The lowest BCUT2D eigenvalue weighted by atomic mass is 10.1. The Morgan fingerprint density at radius 2 is 2.00 bits per heavy atom. The van der Waals surface area contributed by atoms with E-state index in [4.69, 9.17) is 0 Å². The fourth-order valence-corrected chi connectivity index (χ4v) is 2.70. The van der Waals surface area contributed by atoms with Crippen LogP contribution in [0, 0.1) is 0 Å². The second-order valence-corrected chi connectivity index (χ2v) is 4.76. The van der Waals surface area contributed by atoms with E-state index in [2.05, 4.69) is 9.78 Å². The predicted octanol–water partition coefficient (Wildman–Crippen LogP) is 2.69. The lowest BCUT2D eigenvalue weighted by Crippen LogP contribution is -2.10. The van der Waals surface area contributed by atoms with E-state index < -0.39 is 0 Å². The number of hydrogen-bond acceptors (Lipinski definition) is 2. The van der Waals surface area contributed by atoms with Gasteiger partial charge in [0.25, 0.3) is 0 Å². The van der Waals surface area contributed by atoms with E-state index in [0.29, 0.717) is 12.0 Å². The minimum atomic E-state index is 0.564. The van der Waals surface area contributed by atoms with E-state index in [1.807, 2.05) is 0 Å². The zero-order valence-corrected chi connectivity index (χ0v) is 8.85. The Bertz CT molecular complexity index is 373. The monoisotopic (exact) mass is 204 g/mol. The van der Waals surface area contributed by atoms with Gasteiger partial charge in [0.15, 0.2) is 6.29 Å². The van der Waals surface area contributed by atoms with E-state index in [1.165, 1.54) is 44.2 Å². The normalized spacial score (nSPS) is 22.1. The van der Waals surface area contributed by atoms with Crippen LogP contribution in [0.25, 0.3) is 0 Å². The van der Waals surface area contributed by atoms with Crippen LogP contribution in [-0.2, 0) is 0 Å². The molecule has 2 aliphatic rings. The fraction of sp³-hybridized carbons (Fsp3) is 0.667. The van der Waals surface area contributed by atoms with Gasteiger partial charge in [-0.2, -0.15) is 5.10 Å². The van der Waals surface area contributed by atoms with Gasteiger partial charge in [0.2, 0.25) is 0 Å². The highest BCUT2D eigenvalue weighted by atomic mass is 16.1. The Balaban J connectivity index is 1.98. The molecule has 15 heavy (non-hydrogen) atoms. The van der Waals surface area contributed by atoms with Crippen molar-refractivity contribution >= 4 is 6.29 Å². The maximum atomic E-state index is 10.9. The zero-order valence-electron chi connectivity index (χ0n) is 8.85. The van der Waals surface area contributed by atoms with Crippen molar-refractivity contribution in [2.75, 3.05) is 0 Å². The van der Waals surface area contributed by atoms with Gasteiger partial charge in [-0.3, -0.25) is 9.48 Å². The van der Waals surface area contributed by atoms with Crippen LogP contribution >= 0.6 is 0 Å². The molecule has 2 fully saturated rings. The van der Waals surface area contributed by atoms with Gasteiger partial charge >= 0.3 is 0 Å². The summed E-state index contributed by atoms with van der Waals surface area (Å²) >= 11 is 0. The van der Waals surface area contributed by atoms with Gasteiger partial charge in [0.1, 0.15) is 0 Å². The SMILES string of the molecule is O=Cc1cnn(C2CCCC2)c1C1CC1. The standard InChI is InChI=1S/C12H16N2O/c15-8-10-7-13-14(11-3-1-2-4-11)12(10)9-5-6-9/h7-9,11H,1-6H2. The van der Waals surface area contributed by atoms with Gasteiger partial charge in [-0.1, -0.05) is 12.8 Å². The minimum absolute atomic E-state index is 0.564. The lowest BCUT2D eigenvalue weighted by molar-refractivity contribution is 0.112. The molecule has 0 amide bonds. The number of carbonyl (C=O) groups is 1. The van der Waals surface area contributed by atoms with E-state index in [1.54, 1.807) is 6.20 Å². The van der Waals surface area contributed by atoms with Crippen molar-refractivity contribution in [2.45, 2.75) is 50.5 Å². The molecule has 0 unspecified atom stereocenters. The van der Waals surface area contributed by atoms with Gasteiger partial charge in [-0.05, 0) is 25.7 Å². The molecule has 0 aromatic carbocycles. The van der Waals surface area contributed by atoms with E-state index in [-0.39, 0.29) is 0 Å². The number of rotatable bonds is 3. The van der Waals surface area contributed by atoms with Crippen LogP contribution in [0.5, 0.6) is 0 Å². The zero-order chi connectivity index (χ0) is 10.3. The molecule has 2 saturated carbocycles. The molecule has 0 radical (unpaired) electrons. The second kappa shape index (κ2) is 3.47. The molecule has 0 saturated heterocycles. The van der Waals surface area contributed by atoms with Crippen LogP contribution in [-0.4, -0.2) is 16.1 Å². The smallest absolute Gasteiger partial charge is 0.153 e. The highest BCUT2D eigenvalue weighted by molar-refractivity contribution is 5.76. The highest BCUT2D eigenvalue weighted by Gasteiger charge is 2.32. The topological polar surface area (TPSA) is 34.9 Å².